The van der Waals surface area contributed by atoms with Crippen LogP contribution in [0.5, 0.6) is 0 Å². The molecule has 176 valence electrons. The van der Waals surface area contributed by atoms with Crippen LogP contribution in [0.25, 0.3) is 0 Å². The molecule has 0 heterocycles. The number of aliphatic hydroxyl groups is 1. The van der Waals surface area contributed by atoms with E-state index in [0.29, 0.717) is 33.5 Å². The van der Waals surface area contributed by atoms with Crippen molar-refractivity contribution in [1.29, 1.82) is 0 Å². The summed E-state index contributed by atoms with van der Waals surface area (Å²) in [6.07, 6.45) is 13.5. The molecule has 31 heavy (non-hydrogen) atoms. The van der Waals surface area contributed by atoms with Gasteiger partial charge in [-0.1, -0.05) is 60.1 Å². The zero-order valence-electron chi connectivity index (χ0n) is 21.7. The quantitative estimate of drug-likeness (QED) is 0.421. The predicted molar refractivity (Wildman–Crippen MR) is 131 cm³/mol. The van der Waals surface area contributed by atoms with Crippen LogP contribution in [0, 0.1) is 56.7 Å². The van der Waals surface area contributed by atoms with E-state index in [-0.39, 0.29) is 11.5 Å². The lowest BCUT2D eigenvalue weighted by molar-refractivity contribution is -0.240. The molecule has 5 fully saturated rings. The molecule has 10 atom stereocenters. The van der Waals surface area contributed by atoms with Crippen molar-refractivity contribution >= 4 is 0 Å². The highest BCUT2D eigenvalue weighted by molar-refractivity contribution is 5.22. The fraction of sp³-hybridized carbons (Fsp3) is 0.933. The van der Waals surface area contributed by atoms with Crippen LogP contribution in [0.2, 0.25) is 0 Å². The maximum atomic E-state index is 11.1. The number of aliphatic hydroxyl groups excluding tert-OH is 1. The maximum Gasteiger partial charge on any atom is 0.0613 e. The molecular weight excluding hydrogens is 376 g/mol. The first-order valence-electron chi connectivity index (χ1n) is 13.6. The van der Waals surface area contributed by atoms with Crippen LogP contribution in [0.1, 0.15) is 113 Å². The van der Waals surface area contributed by atoms with Gasteiger partial charge in [-0.25, -0.2) is 0 Å². The predicted octanol–water partition coefficient (Wildman–Crippen LogP) is 8.02. The summed E-state index contributed by atoms with van der Waals surface area (Å²) in [4.78, 5) is 0. The summed E-state index contributed by atoms with van der Waals surface area (Å²) in [5.74, 6) is 3.50. The lowest BCUT2D eigenvalue weighted by atomic mass is 9.32. The minimum Gasteiger partial charge on any atom is -0.392 e. The molecule has 1 N–H and O–H groups in total. The molecule has 0 amide bonds. The molecule has 0 aromatic rings. The fourth-order valence-electron chi connectivity index (χ4n) is 12.0. The standard InChI is InChI=1S/C30H50O/c1-19(2)25-20-12-16-29(7)24(28(20,6)18-21(25)31)11-10-23-27(5)15-9-14-26(3,4)22(27)13-17-30(23,29)8/h20-25,31H,1,9-18H2,2-8H3/t20-,21?,22-,23+,24+,25+,27-,28-,29+,30+/m0/s1. The molecule has 0 saturated heterocycles. The van der Waals surface area contributed by atoms with Gasteiger partial charge in [0.15, 0.2) is 0 Å². The Hall–Kier alpha value is -0.300. The van der Waals surface area contributed by atoms with Crippen molar-refractivity contribution < 1.29 is 5.11 Å². The van der Waals surface area contributed by atoms with Crippen LogP contribution in [0.4, 0.5) is 0 Å². The SMILES string of the molecule is C=C(C)[C@H]1C(O)C[C@]2(C)[C@H]3CC[C@@H]4[C@@]5(C)CCCC(C)(C)[C@@H]5CC[C@@]4(C)[C@]3(C)CC[C@@H]12. The van der Waals surface area contributed by atoms with Crippen LogP contribution >= 0.6 is 0 Å². The van der Waals surface area contributed by atoms with Crippen molar-refractivity contribution in [2.45, 2.75) is 119 Å². The van der Waals surface area contributed by atoms with Gasteiger partial charge in [0.1, 0.15) is 0 Å². The van der Waals surface area contributed by atoms with Gasteiger partial charge in [-0.15, -0.1) is 0 Å². The molecule has 1 nitrogen and oxygen atoms in total. The summed E-state index contributed by atoms with van der Waals surface area (Å²) < 4.78 is 0. The summed E-state index contributed by atoms with van der Waals surface area (Å²) in [6, 6.07) is 0. The second-order valence-electron chi connectivity index (χ2n) is 14.8. The second-order valence-corrected chi connectivity index (χ2v) is 14.8. The molecule has 5 aliphatic rings. The van der Waals surface area contributed by atoms with Gasteiger partial charge < -0.3 is 5.11 Å². The zero-order chi connectivity index (χ0) is 22.6. The third kappa shape index (κ3) is 2.65. The van der Waals surface area contributed by atoms with Gasteiger partial charge in [0.25, 0.3) is 0 Å². The second kappa shape index (κ2) is 6.64. The van der Waals surface area contributed by atoms with Crippen molar-refractivity contribution in [3.05, 3.63) is 12.2 Å². The Balaban J connectivity index is 1.54. The van der Waals surface area contributed by atoms with Crippen LogP contribution in [0.3, 0.4) is 0 Å². The molecule has 5 rings (SSSR count). The van der Waals surface area contributed by atoms with Crippen LogP contribution < -0.4 is 0 Å². The monoisotopic (exact) mass is 426 g/mol. The number of fused-ring (bicyclic) bond motifs is 7. The fourth-order valence-corrected chi connectivity index (χ4v) is 12.0. The van der Waals surface area contributed by atoms with Crippen molar-refractivity contribution in [3.63, 3.8) is 0 Å². The number of hydrogen-bond acceptors (Lipinski definition) is 1. The average molecular weight is 427 g/mol. The summed E-state index contributed by atoms with van der Waals surface area (Å²) in [5, 5.41) is 11.1. The Morgan fingerprint density at radius 3 is 1.94 bits per heavy atom. The van der Waals surface area contributed by atoms with Gasteiger partial charge in [-0.3, -0.25) is 0 Å². The van der Waals surface area contributed by atoms with E-state index >= 15 is 0 Å². The minimum absolute atomic E-state index is 0.173. The van der Waals surface area contributed by atoms with E-state index in [1.165, 1.54) is 63.4 Å². The number of hydrogen-bond donors (Lipinski definition) is 1. The smallest absolute Gasteiger partial charge is 0.0613 e. The van der Waals surface area contributed by atoms with Gasteiger partial charge >= 0.3 is 0 Å². The van der Waals surface area contributed by atoms with E-state index in [1.54, 1.807) is 0 Å². The van der Waals surface area contributed by atoms with Crippen LogP contribution in [-0.4, -0.2) is 11.2 Å². The highest BCUT2D eigenvalue weighted by Gasteiger charge is 2.70. The van der Waals surface area contributed by atoms with Gasteiger partial charge in [0.05, 0.1) is 6.10 Å². The van der Waals surface area contributed by atoms with Crippen molar-refractivity contribution in [1.82, 2.24) is 0 Å². The van der Waals surface area contributed by atoms with Crippen molar-refractivity contribution in [3.8, 4) is 0 Å². The Labute approximate surface area is 192 Å². The van der Waals surface area contributed by atoms with E-state index in [2.05, 4.69) is 55.0 Å². The average Bonchev–Trinajstić information content (AvgIpc) is 2.91. The van der Waals surface area contributed by atoms with E-state index < -0.39 is 0 Å². The van der Waals surface area contributed by atoms with E-state index in [9.17, 15) is 5.11 Å². The van der Waals surface area contributed by atoms with Gasteiger partial charge in [0, 0.05) is 5.92 Å². The van der Waals surface area contributed by atoms with Crippen LogP contribution in [0.15, 0.2) is 12.2 Å². The van der Waals surface area contributed by atoms with E-state index in [4.69, 9.17) is 0 Å². The summed E-state index contributed by atoms with van der Waals surface area (Å²) in [5.41, 5.74) is 3.42. The minimum atomic E-state index is -0.173. The normalized spacial score (nSPS) is 57.9. The molecule has 0 radical (unpaired) electrons. The molecule has 0 spiro atoms. The lowest BCUT2D eigenvalue weighted by Gasteiger charge is -2.73. The molecule has 5 aliphatic carbocycles. The number of rotatable bonds is 1. The first-order chi connectivity index (χ1) is 14.3. The topological polar surface area (TPSA) is 20.2 Å². The van der Waals surface area contributed by atoms with Gasteiger partial charge in [-0.05, 0) is 115 Å². The summed E-state index contributed by atoms with van der Waals surface area (Å²) in [6.45, 7) is 22.4. The van der Waals surface area contributed by atoms with Crippen molar-refractivity contribution in [2.75, 3.05) is 0 Å². The molecule has 0 aromatic heterocycles. The van der Waals surface area contributed by atoms with Gasteiger partial charge in [0.2, 0.25) is 0 Å². The maximum absolute atomic E-state index is 11.1. The Kier molecular flexibility index (Phi) is 4.82. The third-order valence-corrected chi connectivity index (χ3v) is 13.3. The summed E-state index contributed by atoms with van der Waals surface area (Å²) in [7, 11) is 0. The molecule has 1 unspecified atom stereocenters. The Bertz CT molecular complexity index is 766. The highest BCUT2D eigenvalue weighted by atomic mass is 16.3. The first kappa shape index (κ1) is 22.5. The molecule has 0 bridgehead atoms. The summed E-state index contributed by atoms with van der Waals surface area (Å²) >= 11 is 0. The Morgan fingerprint density at radius 2 is 1.32 bits per heavy atom. The van der Waals surface area contributed by atoms with E-state index in [1.807, 2.05) is 0 Å². The lowest BCUT2D eigenvalue weighted by Crippen LogP contribution is -2.65. The Morgan fingerprint density at radius 1 is 0.742 bits per heavy atom. The highest BCUT2D eigenvalue weighted by Crippen LogP contribution is 2.77. The molecule has 0 aromatic carbocycles. The zero-order valence-corrected chi connectivity index (χ0v) is 21.7. The molecule has 0 aliphatic heterocycles. The van der Waals surface area contributed by atoms with Gasteiger partial charge in [-0.2, -0.15) is 0 Å². The van der Waals surface area contributed by atoms with E-state index in [0.717, 1.165) is 24.2 Å². The largest absolute Gasteiger partial charge is 0.392 e. The molecule has 1 heteroatoms. The molecule has 5 saturated carbocycles. The first-order valence-corrected chi connectivity index (χ1v) is 13.6. The third-order valence-electron chi connectivity index (χ3n) is 13.3. The molecular formula is C30H50O. The van der Waals surface area contributed by atoms with Crippen molar-refractivity contribution in [2.24, 2.45) is 56.7 Å². The van der Waals surface area contributed by atoms with Crippen LogP contribution in [-0.2, 0) is 0 Å².